The van der Waals surface area contributed by atoms with Gasteiger partial charge in [0.1, 0.15) is 6.04 Å². The maximum atomic E-state index is 13.5. The van der Waals surface area contributed by atoms with Gasteiger partial charge in [-0.2, -0.15) is 0 Å². The summed E-state index contributed by atoms with van der Waals surface area (Å²) < 4.78 is 0. The molecule has 2 heterocycles. The van der Waals surface area contributed by atoms with Crippen molar-refractivity contribution in [3.8, 4) is 0 Å². The van der Waals surface area contributed by atoms with Crippen LogP contribution in [0.1, 0.15) is 43.5 Å². The number of fused-ring (bicyclic) bond motifs is 2. The summed E-state index contributed by atoms with van der Waals surface area (Å²) in [5.74, 6) is -0.242. The summed E-state index contributed by atoms with van der Waals surface area (Å²) in [5, 5.41) is 8.87. The molecule has 9 heteroatoms. The highest BCUT2D eigenvalue weighted by Gasteiger charge is 2.48. The number of benzene rings is 1. The smallest absolute Gasteiger partial charge is 0.251 e. The van der Waals surface area contributed by atoms with Gasteiger partial charge in [0, 0.05) is 18.2 Å². The summed E-state index contributed by atoms with van der Waals surface area (Å²) in [6.45, 7) is 8.04. The van der Waals surface area contributed by atoms with Crippen molar-refractivity contribution in [1.82, 2.24) is 30.8 Å². The second kappa shape index (κ2) is 9.35. The molecule has 5 atom stereocenters. The predicted molar refractivity (Wildman–Crippen MR) is 125 cm³/mol. The van der Waals surface area contributed by atoms with Crippen molar-refractivity contribution in [2.24, 2.45) is 5.92 Å². The van der Waals surface area contributed by atoms with Crippen LogP contribution in [0.15, 0.2) is 36.7 Å². The van der Waals surface area contributed by atoms with Gasteiger partial charge in [-0.15, -0.1) is 0 Å². The minimum Gasteiger partial charge on any atom is -0.347 e. The molecule has 4 rings (SSSR count). The lowest BCUT2D eigenvalue weighted by molar-refractivity contribution is -0.136. The molecule has 176 valence electrons. The van der Waals surface area contributed by atoms with Crippen molar-refractivity contribution in [1.29, 1.82) is 0 Å². The van der Waals surface area contributed by atoms with Crippen LogP contribution in [0.3, 0.4) is 0 Å². The van der Waals surface area contributed by atoms with Gasteiger partial charge >= 0.3 is 0 Å². The Balaban J connectivity index is 1.48. The second-order valence-corrected chi connectivity index (χ2v) is 9.16. The van der Waals surface area contributed by atoms with Crippen LogP contribution in [0.4, 0.5) is 0 Å². The molecule has 1 aliphatic carbocycles. The third kappa shape index (κ3) is 4.50. The Kier molecular flexibility index (Phi) is 6.51. The molecule has 0 spiro atoms. The fraction of sp³-hybridized carbons (Fsp3) is 0.500. The van der Waals surface area contributed by atoms with Crippen molar-refractivity contribution >= 4 is 28.8 Å². The van der Waals surface area contributed by atoms with E-state index in [1.54, 1.807) is 39.4 Å². The van der Waals surface area contributed by atoms with Crippen molar-refractivity contribution < 1.29 is 14.4 Å². The zero-order valence-corrected chi connectivity index (χ0v) is 19.4. The largest absolute Gasteiger partial charge is 0.347 e. The number of likely N-dealkylation sites (N-methyl/N-ethyl adjacent to an activating group) is 1. The molecule has 4 N–H and O–H groups in total. The molecule has 9 nitrogen and oxygen atoms in total. The number of H-pyrrole nitrogens is 1. The first-order valence-electron chi connectivity index (χ1n) is 11.5. The monoisotopic (exact) mass is 452 g/mol. The van der Waals surface area contributed by atoms with E-state index in [2.05, 4.69) is 32.5 Å². The molecule has 2 aromatic rings. The lowest BCUT2D eigenvalue weighted by atomic mass is 10.0. The van der Waals surface area contributed by atoms with Gasteiger partial charge in [-0.05, 0) is 69.8 Å². The van der Waals surface area contributed by atoms with E-state index in [1.807, 2.05) is 11.0 Å². The maximum Gasteiger partial charge on any atom is 0.251 e. The van der Waals surface area contributed by atoms with Crippen molar-refractivity contribution in [3.63, 3.8) is 0 Å². The van der Waals surface area contributed by atoms with E-state index in [0.717, 1.165) is 30.3 Å². The number of nitrogens with zero attached hydrogens (tertiary/aromatic N) is 2. The van der Waals surface area contributed by atoms with Gasteiger partial charge in [0.05, 0.1) is 29.4 Å². The first-order chi connectivity index (χ1) is 15.8. The minimum absolute atomic E-state index is 0.0870. The molecule has 0 bridgehead atoms. The van der Waals surface area contributed by atoms with Crippen LogP contribution in [-0.4, -0.2) is 70.3 Å². The van der Waals surface area contributed by atoms with E-state index in [4.69, 9.17) is 0 Å². The van der Waals surface area contributed by atoms with Gasteiger partial charge in [-0.25, -0.2) is 4.98 Å². The Morgan fingerprint density at radius 3 is 2.76 bits per heavy atom. The lowest BCUT2D eigenvalue weighted by Crippen LogP contribution is -2.57. The van der Waals surface area contributed by atoms with Crippen LogP contribution in [0.2, 0.25) is 0 Å². The van der Waals surface area contributed by atoms with Crippen molar-refractivity contribution in [3.05, 3.63) is 42.2 Å². The molecular weight excluding hydrogens is 420 g/mol. The first-order valence-corrected chi connectivity index (χ1v) is 11.5. The van der Waals surface area contributed by atoms with Gasteiger partial charge in [0.25, 0.3) is 5.91 Å². The number of aromatic amines is 1. The Morgan fingerprint density at radius 2 is 2.03 bits per heavy atom. The Morgan fingerprint density at radius 1 is 1.24 bits per heavy atom. The summed E-state index contributed by atoms with van der Waals surface area (Å²) in [5.41, 5.74) is 2.74. The number of rotatable bonds is 7. The summed E-state index contributed by atoms with van der Waals surface area (Å²) in [4.78, 5) is 48.0. The van der Waals surface area contributed by atoms with E-state index >= 15 is 0 Å². The topological polar surface area (TPSA) is 119 Å². The van der Waals surface area contributed by atoms with E-state index in [1.165, 1.54) is 0 Å². The Labute approximate surface area is 193 Å². The average Bonchev–Trinajstić information content (AvgIpc) is 3.52. The molecule has 1 saturated carbocycles. The molecule has 33 heavy (non-hydrogen) atoms. The highest BCUT2D eigenvalue weighted by molar-refractivity contribution is 5.97. The summed E-state index contributed by atoms with van der Waals surface area (Å²) in [7, 11) is 1.70. The minimum atomic E-state index is -0.786. The zero-order chi connectivity index (χ0) is 23.7. The number of aromatic nitrogens is 2. The maximum absolute atomic E-state index is 13.5. The number of amides is 3. The van der Waals surface area contributed by atoms with Crippen LogP contribution in [0, 0.1) is 5.92 Å². The number of carbonyl (C=O) groups excluding carboxylic acids is 3. The predicted octanol–water partition coefficient (Wildman–Crippen LogP) is 1.34. The molecular formula is C24H32N6O3. The highest BCUT2D eigenvalue weighted by atomic mass is 16.2. The van der Waals surface area contributed by atoms with Crippen molar-refractivity contribution in [2.45, 2.75) is 57.3 Å². The Bertz CT molecular complexity index is 1080. The first kappa shape index (κ1) is 23.0. The normalized spacial score (nSPS) is 23.7. The molecule has 2 fully saturated rings. The average molecular weight is 453 g/mol. The number of carbonyl (C=O) groups is 3. The van der Waals surface area contributed by atoms with Gasteiger partial charge < -0.3 is 25.8 Å². The standard InChI is InChI=1S/C24H32N6O3/c1-13(2)20(29-22(31)14(3)25-4)24(33)30-10-9-15-5-8-18(21(15)30)28-23(32)16-6-7-17-19(11-16)27-12-26-17/h6-7,11-12,14-15,18,20-21,25H,1,5,8-10H2,2-4H3,(H,26,27)(H,28,32)(H,29,31)/t14-,15+,18-,20-,21-/m0/s1. The van der Waals surface area contributed by atoms with Gasteiger partial charge in [-0.3, -0.25) is 14.4 Å². The van der Waals surface area contributed by atoms with Gasteiger partial charge in [0.2, 0.25) is 11.8 Å². The number of imidazole rings is 1. The molecule has 1 aromatic heterocycles. The van der Waals surface area contributed by atoms with Crippen molar-refractivity contribution in [2.75, 3.05) is 13.6 Å². The third-order valence-corrected chi connectivity index (χ3v) is 6.98. The van der Waals surface area contributed by atoms with Crippen LogP contribution in [0.5, 0.6) is 0 Å². The molecule has 1 aromatic carbocycles. The van der Waals surface area contributed by atoms with E-state index in [9.17, 15) is 14.4 Å². The zero-order valence-electron chi connectivity index (χ0n) is 19.4. The van der Waals surface area contributed by atoms with E-state index in [-0.39, 0.29) is 29.8 Å². The number of hydrogen-bond acceptors (Lipinski definition) is 5. The quantitative estimate of drug-likeness (QED) is 0.473. The fourth-order valence-corrected chi connectivity index (χ4v) is 5.00. The lowest BCUT2D eigenvalue weighted by Gasteiger charge is -2.33. The molecule has 2 aliphatic rings. The molecule has 3 amide bonds. The van der Waals surface area contributed by atoms with Crippen LogP contribution in [-0.2, 0) is 9.59 Å². The van der Waals surface area contributed by atoms with Gasteiger partial charge in [-0.1, -0.05) is 6.58 Å². The molecule has 1 aliphatic heterocycles. The summed E-state index contributed by atoms with van der Waals surface area (Å²) >= 11 is 0. The number of likely N-dealkylation sites (tertiary alicyclic amines) is 1. The SMILES string of the molecule is C=C(C)[C@H](NC(=O)[C@H](C)NC)C(=O)N1CC[C@H]2CC[C@H](NC(=O)c3ccc4[nH]cnc4c3)[C@H]21. The summed E-state index contributed by atoms with van der Waals surface area (Å²) in [6, 6.07) is 3.95. The fourth-order valence-electron chi connectivity index (χ4n) is 5.00. The number of nitrogens with one attached hydrogen (secondary N) is 4. The van der Waals surface area contributed by atoms with Crippen LogP contribution < -0.4 is 16.0 Å². The molecule has 0 unspecified atom stereocenters. The molecule has 0 radical (unpaired) electrons. The van der Waals surface area contributed by atoms with E-state index in [0.29, 0.717) is 23.6 Å². The third-order valence-electron chi connectivity index (χ3n) is 6.98. The van der Waals surface area contributed by atoms with Crippen LogP contribution >= 0.6 is 0 Å². The molecule has 1 saturated heterocycles. The van der Waals surface area contributed by atoms with Crippen LogP contribution in [0.25, 0.3) is 11.0 Å². The van der Waals surface area contributed by atoms with Gasteiger partial charge in [0.15, 0.2) is 0 Å². The number of hydrogen-bond donors (Lipinski definition) is 4. The second-order valence-electron chi connectivity index (χ2n) is 9.16. The summed E-state index contributed by atoms with van der Waals surface area (Å²) in [6.07, 6.45) is 4.27. The highest BCUT2D eigenvalue weighted by Crippen LogP contribution is 2.38. The van der Waals surface area contributed by atoms with E-state index < -0.39 is 12.1 Å². The Hall–Kier alpha value is -3.20.